The Hall–Kier alpha value is -2.17. The molecule has 1 N–H and O–H groups in total. The average Bonchev–Trinajstić information content (AvgIpc) is 2.47. The predicted octanol–water partition coefficient (Wildman–Crippen LogP) is 2.89. The summed E-state index contributed by atoms with van der Waals surface area (Å²) in [5.41, 5.74) is 2.03. The summed E-state index contributed by atoms with van der Waals surface area (Å²) in [6, 6.07) is 5.22. The summed E-state index contributed by atoms with van der Waals surface area (Å²) in [5, 5.41) is 2.87. The molecule has 5 nitrogen and oxygen atoms in total. The monoisotopic (exact) mass is 276 g/mol. The summed E-state index contributed by atoms with van der Waals surface area (Å²) in [7, 11) is 3.15. The van der Waals surface area contributed by atoms with Crippen LogP contribution in [0.1, 0.15) is 13.3 Å². The van der Waals surface area contributed by atoms with Gasteiger partial charge >= 0.3 is 6.03 Å². The van der Waals surface area contributed by atoms with Crippen molar-refractivity contribution in [1.29, 1.82) is 0 Å². The second-order valence-electron chi connectivity index (χ2n) is 4.75. The Morgan fingerprint density at radius 3 is 2.60 bits per heavy atom. The van der Waals surface area contributed by atoms with Crippen molar-refractivity contribution in [2.24, 2.45) is 0 Å². The fourth-order valence-corrected chi connectivity index (χ4v) is 2.07. The maximum absolute atomic E-state index is 12.1. The van der Waals surface area contributed by atoms with Crippen molar-refractivity contribution >= 4 is 11.7 Å². The molecule has 0 atom stereocenters. The SMILES string of the molecule is COc1ccc(NC(=O)N2CC=C(C)CC2)cc1OC. The minimum absolute atomic E-state index is 0.0963. The number of nitrogens with one attached hydrogen (secondary N) is 1. The van der Waals surface area contributed by atoms with Crippen molar-refractivity contribution in [3.05, 3.63) is 29.8 Å². The summed E-state index contributed by atoms with van der Waals surface area (Å²) in [6.07, 6.45) is 3.01. The van der Waals surface area contributed by atoms with E-state index in [4.69, 9.17) is 9.47 Å². The van der Waals surface area contributed by atoms with E-state index in [2.05, 4.69) is 18.3 Å². The first-order valence-electron chi connectivity index (χ1n) is 6.57. The first kappa shape index (κ1) is 14.2. The highest BCUT2D eigenvalue weighted by atomic mass is 16.5. The van der Waals surface area contributed by atoms with E-state index in [9.17, 15) is 4.79 Å². The molecule has 0 aromatic heterocycles. The number of methoxy groups -OCH3 is 2. The number of hydrogen-bond acceptors (Lipinski definition) is 3. The lowest BCUT2D eigenvalue weighted by molar-refractivity contribution is 0.215. The van der Waals surface area contributed by atoms with Gasteiger partial charge < -0.3 is 19.7 Å². The van der Waals surface area contributed by atoms with Crippen molar-refractivity contribution < 1.29 is 14.3 Å². The summed E-state index contributed by atoms with van der Waals surface area (Å²) in [5.74, 6) is 1.24. The standard InChI is InChI=1S/C15H20N2O3/c1-11-6-8-17(9-7-11)15(18)16-12-4-5-13(19-2)14(10-12)20-3/h4-6,10H,7-9H2,1-3H3,(H,16,18). The van der Waals surface area contributed by atoms with Crippen LogP contribution in [0.5, 0.6) is 11.5 Å². The third-order valence-corrected chi connectivity index (χ3v) is 3.36. The lowest BCUT2D eigenvalue weighted by Gasteiger charge is -2.25. The molecule has 0 aliphatic carbocycles. The van der Waals surface area contributed by atoms with Crippen molar-refractivity contribution in [2.45, 2.75) is 13.3 Å². The van der Waals surface area contributed by atoms with Crippen LogP contribution in [0, 0.1) is 0 Å². The summed E-state index contributed by atoms with van der Waals surface area (Å²) >= 11 is 0. The number of benzene rings is 1. The van der Waals surface area contributed by atoms with Crippen LogP contribution >= 0.6 is 0 Å². The van der Waals surface area contributed by atoms with E-state index in [1.807, 2.05) is 0 Å². The zero-order valence-electron chi connectivity index (χ0n) is 12.1. The van der Waals surface area contributed by atoms with Crippen molar-refractivity contribution in [3.8, 4) is 11.5 Å². The average molecular weight is 276 g/mol. The quantitative estimate of drug-likeness (QED) is 0.864. The molecular formula is C15H20N2O3. The van der Waals surface area contributed by atoms with Gasteiger partial charge in [-0.3, -0.25) is 0 Å². The summed E-state index contributed by atoms with van der Waals surface area (Å²) in [6.45, 7) is 3.50. The topological polar surface area (TPSA) is 50.8 Å². The molecule has 2 rings (SSSR count). The van der Waals surface area contributed by atoms with E-state index in [0.717, 1.165) is 13.0 Å². The van der Waals surface area contributed by atoms with E-state index in [-0.39, 0.29) is 6.03 Å². The second-order valence-corrected chi connectivity index (χ2v) is 4.75. The highest BCUT2D eigenvalue weighted by molar-refractivity contribution is 5.90. The molecule has 0 fully saturated rings. The Bertz CT molecular complexity index is 526. The highest BCUT2D eigenvalue weighted by Gasteiger charge is 2.16. The van der Waals surface area contributed by atoms with Gasteiger partial charge in [0.25, 0.3) is 0 Å². The van der Waals surface area contributed by atoms with E-state index in [1.165, 1.54) is 5.57 Å². The van der Waals surface area contributed by atoms with Crippen LogP contribution in [0.25, 0.3) is 0 Å². The number of rotatable bonds is 3. The minimum Gasteiger partial charge on any atom is -0.493 e. The molecule has 5 heteroatoms. The van der Waals surface area contributed by atoms with Gasteiger partial charge in [0, 0.05) is 24.8 Å². The zero-order valence-corrected chi connectivity index (χ0v) is 12.1. The van der Waals surface area contributed by atoms with E-state index in [0.29, 0.717) is 23.7 Å². The van der Waals surface area contributed by atoms with Gasteiger partial charge in [-0.2, -0.15) is 0 Å². The lowest BCUT2D eigenvalue weighted by Crippen LogP contribution is -2.37. The minimum atomic E-state index is -0.0963. The van der Waals surface area contributed by atoms with Crippen LogP contribution in [0.4, 0.5) is 10.5 Å². The van der Waals surface area contributed by atoms with Crippen LogP contribution in [-0.4, -0.2) is 38.2 Å². The van der Waals surface area contributed by atoms with E-state index < -0.39 is 0 Å². The molecule has 1 aliphatic heterocycles. The van der Waals surface area contributed by atoms with Crippen LogP contribution in [0.2, 0.25) is 0 Å². The Morgan fingerprint density at radius 2 is 2.00 bits per heavy atom. The highest BCUT2D eigenvalue weighted by Crippen LogP contribution is 2.29. The van der Waals surface area contributed by atoms with E-state index in [1.54, 1.807) is 37.3 Å². The zero-order chi connectivity index (χ0) is 14.5. The molecule has 0 radical (unpaired) electrons. The molecule has 1 aliphatic rings. The normalized spacial score (nSPS) is 14.6. The van der Waals surface area contributed by atoms with Gasteiger partial charge in [-0.1, -0.05) is 11.6 Å². The smallest absolute Gasteiger partial charge is 0.322 e. The number of ether oxygens (including phenoxy) is 2. The molecule has 0 saturated heterocycles. The number of hydrogen-bond donors (Lipinski definition) is 1. The molecule has 1 aromatic rings. The number of urea groups is 1. The van der Waals surface area contributed by atoms with Crippen molar-refractivity contribution in [3.63, 3.8) is 0 Å². The summed E-state index contributed by atoms with van der Waals surface area (Å²) < 4.78 is 10.4. The lowest BCUT2D eigenvalue weighted by atomic mass is 10.1. The second kappa shape index (κ2) is 6.32. The van der Waals surface area contributed by atoms with Gasteiger partial charge in [0.15, 0.2) is 11.5 Å². The molecule has 1 heterocycles. The molecule has 0 saturated carbocycles. The Labute approximate surface area is 119 Å². The third kappa shape index (κ3) is 3.23. The van der Waals surface area contributed by atoms with Gasteiger partial charge in [0.2, 0.25) is 0 Å². The predicted molar refractivity (Wildman–Crippen MR) is 78.5 cm³/mol. The van der Waals surface area contributed by atoms with Gasteiger partial charge in [0.1, 0.15) is 0 Å². The Kier molecular flexibility index (Phi) is 4.50. The molecule has 0 bridgehead atoms. The molecule has 1 aromatic carbocycles. The largest absolute Gasteiger partial charge is 0.493 e. The molecule has 0 unspecified atom stereocenters. The molecule has 0 spiro atoms. The Morgan fingerprint density at radius 1 is 1.25 bits per heavy atom. The first-order chi connectivity index (χ1) is 9.63. The fraction of sp³-hybridized carbons (Fsp3) is 0.400. The molecule has 20 heavy (non-hydrogen) atoms. The fourth-order valence-electron chi connectivity index (χ4n) is 2.07. The number of amides is 2. The van der Waals surface area contributed by atoms with Gasteiger partial charge in [0.05, 0.1) is 14.2 Å². The van der Waals surface area contributed by atoms with Crippen LogP contribution in [0.15, 0.2) is 29.8 Å². The van der Waals surface area contributed by atoms with Crippen LogP contribution in [0.3, 0.4) is 0 Å². The Balaban J connectivity index is 2.04. The number of carbonyl (C=O) groups excluding carboxylic acids is 1. The van der Waals surface area contributed by atoms with Gasteiger partial charge in [-0.15, -0.1) is 0 Å². The number of anilines is 1. The van der Waals surface area contributed by atoms with Crippen LogP contribution < -0.4 is 14.8 Å². The third-order valence-electron chi connectivity index (χ3n) is 3.36. The van der Waals surface area contributed by atoms with Crippen LogP contribution in [-0.2, 0) is 0 Å². The van der Waals surface area contributed by atoms with E-state index >= 15 is 0 Å². The summed E-state index contributed by atoms with van der Waals surface area (Å²) in [4.78, 5) is 13.9. The number of carbonyl (C=O) groups is 1. The maximum atomic E-state index is 12.1. The number of nitrogens with zero attached hydrogens (tertiary/aromatic N) is 1. The molecular weight excluding hydrogens is 256 g/mol. The van der Waals surface area contributed by atoms with Crippen molar-refractivity contribution in [1.82, 2.24) is 4.90 Å². The van der Waals surface area contributed by atoms with Gasteiger partial charge in [-0.05, 0) is 25.5 Å². The molecule has 108 valence electrons. The molecule has 2 amide bonds. The van der Waals surface area contributed by atoms with Gasteiger partial charge in [-0.25, -0.2) is 4.79 Å². The maximum Gasteiger partial charge on any atom is 0.322 e. The van der Waals surface area contributed by atoms with Crippen molar-refractivity contribution in [2.75, 3.05) is 32.6 Å². The first-order valence-corrected chi connectivity index (χ1v) is 6.57.